The summed E-state index contributed by atoms with van der Waals surface area (Å²) in [5.74, 6) is 1.06. The lowest BCUT2D eigenvalue weighted by atomic mass is 10.0. The summed E-state index contributed by atoms with van der Waals surface area (Å²) in [6.07, 6.45) is 7.52. The predicted molar refractivity (Wildman–Crippen MR) is 197 cm³/mol. The summed E-state index contributed by atoms with van der Waals surface area (Å²) in [5.41, 5.74) is 6.75. The van der Waals surface area contributed by atoms with Gasteiger partial charge in [-0.3, -0.25) is 19.6 Å². The van der Waals surface area contributed by atoms with Crippen LogP contribution < -0.4 is 10.6 Å². The van der Waals surface area contributed by atoms with Crippen molar-refractivity contribution >= 4 is 45.0 Å². The molecule has 4 N–H and O–H groups in total. The Morgan fingerprint density at radius 2 is 1.04 bits per heavy atom. The van der Waals surface area contributed by atoms with Crippen molar-refractivity contribution in [2.24, 2.45) is 0 Å². The highest BCUT2D eigenvalue weighted by Crippen LogP contribution is 2.45. The lowest BCUT2D eigenvalue weighted by Crippen LogP contribution is -2.31. The average Bonchev–Trinajstić information content (AvgIpc) is 3.59. The molecule has 0 saturated heterocycles. The minimum Gasteiger partial charge on any atom is -0.508 e. The van der Waals surface area contributed by atoms with Crippen LogP contribution >= 0.6 is 0 Å². The molecule has 0 amide bonds. The number of carbonyl (C=O) groups excluding carboxylic acids is 2. The predicted octanol–water partition coefficient (Wildman–Crippen LogP) is 5.18. The zero-order chi connectivity index (χ0) is 35.2. The molecule has 8 rings (SSSR count). The Labute approximate surface area is 293 Å². The Hall–Kier alpha value is -5.98. The molecular weight excluding hydrogens is 644 g/mol. The summed E-state index contributed by atoms with van der Waals surface area (Å²) in [7, 11) is 4.14. The van der Waals surface area contributed by atoms with Crippen molar-refractivity contribution in [3.63, 3.8) is 0 Å². The van der Waals surface area contributed by atoms with Crippen LogP contribution in [0.1, 0.15) is 38.3 Å². The molecule has 12 heteroatoms. The van der Waals surface area contributed by atoms with Crippen LogP contribution in [0, 0.1) is 0 Å². The number of pyridine rings is 4. The number of anilines is 2. The number of ketones is 2. The normalized spacial score (nSPS) is 12.9. The van der Waals surface area contributed by atoms with Crippen LogP contribution in [0.3, 0.4) is 0 Å². The number of nitrogens with one attached hydrogen (secondary N) is 2. The number of fused-ring (bicyclic) bond motifs is 10. The summed E-state index contributed by atoms with van der Waals surface area (Å²) >= 11 is 0. The Kier molecular flexibility index (Phi) is 8.25. The number of hydrogen-bond acceptors (Lipinski definition) is 12. The molecule has 0 aliphatic heterocycles. The first-order chi connectivity index (χ1) is 24.8. The van der Waals surface area contributed by atoms with E-state index < -0.39 is 0 Å². The summed E-state index contributed by atoms with van der Waals surface area (Å²) < 4.78 is 0. The fraction of sp³-hybridized carbons (Fsp3) is 0.231. The maximum atomic E-state index is 13.4. The summed E-state index contributed by atoms with van der Waals surface area (Å²) in [6.45, 7) is 4.39. The Bertz CT molecular complexity index is 2210. The number of likely N-dealkylation sites (N-methyl/N-ethyl adjacent to an activating group) is 2. The number of rotatable bonds is 12. The van der Waals surface area contributed by atoms with E-state index in [0.29, 0.717) is 58.0 Å². The molecule has 4 aromatic heterocycles. The molecule has 0 unspecified atom stereocenters. The lowest BCUT2D eigenvalue weighted by Gasteiger charge is -2.21. The van der Waals surface area contributed by atoms with E-state index >= 15 is 0 Å². The van der Waals surface area contributed by atoms with Crippen molar-refractivity contribution in [1.29, 1.82) is 0 Å². The van der Waals surface area contributed by atoms with E-state index in [1.807, 2.05) is 12.1 Å². The van der Waals surface area contributed by atoms with Crippen LogP contribution in [0.4, 0.5) is 11.6 Å². The zero-order valence-corrected chi connectivity index (χ0v) is 28.3. The second-order valence-corrected chi connectivity index (χ2v) is 13.1. The fourth-order valence-electron chi connectivity index (χ4n) is 7.18. The second kappa shape index (κ2) is 13.0. The van der Waals surface area contributed by atoms with Crippen molar-refractivity contribution in [1.82, 2.24) is 29.7 Å². The minimum atomic E-state index is -0.0990. The maximum Gasteiger partial charge on any atom is 0.199 e. The van der Waals surface area contributed by atoms with Gasteiger partial charge in [0.25, 0.3) is 0 Å². The molecule has 0 atom stereocenters. The Morgan fingerprint density at radius 1 is 0.588 bits per heavy atom. The maximum absolute atomic E-state index is 13.4. The third kappa shape index (κ3) is 5.77. The van der Waals surface area contributed by atoms with Gasteiger partial charge in [0, 0.05) is 96.1 Å². The van der Waals surface area contributed by atoms with Crippen LogP contribution in [0.2, 0.25) is 0 Å². The number of aromatic nitrogens is 4. The fourth-order valence-corrected chi connectivity index (χ4v) is 7.18. The van der Waals surface area contributed by atoms with Crippen LogP contribution in [0.15, 0.2) is 73.3 Å². The van der Waals surface area contributed by atoms with Gasteiger partial charge in [-0.05, 0) is 81.1 Å². The van der Waals surface area contributed by atoms with Crippen LogP contribution in [0.5, 0.6) is 11.5 Å². The van der Waals surface area contributed by atoms with Crippen LogP contribution in [-0.2, 0) is 0 Å². The van der Waals surface area contributed by atoms with E-state index in [4.69, 9.17) is 9.97 Å². The molecule has 6 aromatic rings. The molecular formula is C39H36N8O4. The average molecular weight is 681 g/mol. The SMILES string of the molecule is CN(CCCN(C)CCNc1nc2cc(O)ccc2c2c1C(=O)c1cnccc1-2)CCNc1nc2cc(O)ccc2c2c1C(=O)c1cnccc1-2. The molecule has 2 aliphatic rings. The zero-order valence-electron chi connectivity index (χ0n) is 28.3. The van der Waals surface area contributed by atoms with Gasteiger partial charge < -0.3 is 30.6 Å². The molecule has 0 radical (unpaired) electrons. The van der Waals surface area contributed by atoms with Gasteiger partial charge in [-0.15, -0.1) is 0 Å². The topological polar surface area (TPSA) is 157 Å². The number of phenolic OH excluding ortho intramolecular Hbond substituents is 2. The molecule has 2 aromatic carbocycles. The molecule has 4 heterocycles. The van der Waals surface area contributed by atoms with Crippen molar-refractivity contribution in [2.75, 3.05) is 64.0 Å². The molecule has 256 valence electrons. The summed E-state index contributed by atoms with van der Waals surface area (Å²) in [6, 6.07) is 13.8. The lowest BCUT2D eigenvalue weighted by molar-refractivity contribution is 0.103. The largest absolute Gasteiger partial charge is 0.508 e. The number of benzene rings is 2. The van der Waals surface area contributed by atoms with Gasteiger partial charge in [-0.1, -0.05) is 0 Å². The van der Waals surface area contributed by atoms with Gasteiger partial charge in [-0.25, -0.2) is 9.97 Å². The molecule has 0 bridgehead atoms. The Balaban J connectivity index is 0.859. The van der Waals surface area contributed by atoms with Gasteiger partial charge in [0.05, 0.1) is 22.2 Å². The van der Waals surface area contributed by atoms with E-state index in [1.54, 1.807) is 61.2 Å². The van der Waals surface area contributed by atoms with E-state index in [2.05, 4.69) is 44.5 Å². The van der Waals surface area contributed by atoms with E-state index in [9.17, 15) is 19.8 Å². The summed E-state index contributed by atoms with van der Waals surface area (Å²) in [5, 5.41) is 28.7. The number of phenols is 2. The van der Waals surface area contributed by atoms with Crippen molar-refractivity contribution in [3.8, 4) is 33.8 Å². The van der Waals surface area contributed by atoms with Gasteiger partial charge >= 0.3 is 0 Å². The first-order valence-electron chi connectivity index (χ1n) is 16.9. The highest BCUT2D eigenvalue weighted by atomic mass is 16.3. The van der Waals surface area contributed by atoms with Gasteiger partial charge in [0.15, 0.2) is 11.6 Å². The van der Waals surface area contributed by atoms with Gasteiger partial charge in [0.1, 0.15) is 23.1 Å². The standard InChI is InChI=1S/C39H36N8O4/c1-46(16-12-42-38-34-32(24-8-10-40-20-28(24)36(34)50)26-6-4-22(48)18-30(26)44-38)14-3-15-47(2)17-13-43-39-35-33(25-9-11-41-21-29(25)37(35)51)27-7-5-23(49)19-31(27)45-39/h4-11,18-21,48-49H,3,12-17H2,1-2H3,(H,42,44)(H,43,45). The van der Waals surface area contributed by atoms with E-state index in [-0.39, 0.29) is 23.1 Å². The highest BCUT2D eigenvalue weighted by molar-refractivity contribution is 6.28. The number of aromatic hydroxyl groups is 2. The first-order valence-corrected chi connectivity index (χ1v) is 16.9. The van der Waals surface area contributed by atoms with Gasteiger partial charge in [-0.2, -0.15) is 0 Å². The van der Waals surface area contributed by atoms with Crippen molar-refractivity contribution in [2.45, 2.75) is 6.42 Å². The molecule has 12 nitrogen and oxygen atoms in total. The minimum absolute atomic E-state index is 0.0990. The van der Waals surface area contributed by atoms with Crippen LogP contribution in [-0.4, -0.2) is 105 Å². The molecule has 51 heavy (non-hydrogen) atoms. The molecule has 2 aliphatic carbocycles. The van der Waals surface area contributed by atoms with E-state index in [1.165, 1.54) is 0 Å². The van der Waals surface area contributed by atoms with Gasteiger partial charge in [0.2, 0.25) is 0 Å². The van der Waals surface area contributed by atoms with Crippen molar-refractivity contribution in [3.05, 3.63) is 95.6 Å². The third-order valence-corrected chi connectivity index (χ3v) is 9.72. The highest BCUT2D eigenvalue weighted by Gasteiger charge is 2.34. The smallest absolute Gasteiger partial charge is 0.199 e. The summed E-state index contributed by atoms with van der Waals surface area (Å²) in [4.78, 5) is 49.2. The second-order valence-electron chi connectivity index (χ2n) is 13.1. The van der Waals surface area contributed by atoms with E-state index in [0.717, 1.165) is 65.6 Å². The Morgan fingerprint density at radius 3 is 1.49 bits per heavy atom. The number of carbonyl (C=O) groups is 2. The number of hydrogen-bond donors (Lipinski definition) is 4. The molecule has 0 saturated carbocycles. The van der Waals surface area contributed by atoms with Crippen molar-refractivity contribution < 1.29 is 19.8 Å². The molecule has 0 spiro atoms. The molecule has 0 fully saturated rings. The quantitative estimate of drug-likeness (QED) is 0.134. The monoisotopic (exact) mass is 680 g/mol. The number of nitrogens with zero attached hydrogens (tertiary/aromatic N) is 6. The third-order valence-electron chi connectivity index (χ3n) is 9.72. The first kappa shape index (κ1) is 32.2. The van der Waals surface area contributed by atoms with Crippen LogP contribution in [0.25, 0.3) is 44.1 Å².